The average molecular weight is 284 g/mol. The minimum Gasteiger partial charge on any atom is -0.347 e. The molecule has 0 unspecified atom stereocenters. The second-order valence-electron chi connectivity index (χ2n) is 6.73. The first-order valence-corrected chi connectivity index (χ1v) is 7.52. The molecule has 3 atom stereocenters. The Morgan fingerprint density at radius 2 is 2.14 bits per heavy atom. The van der Waals surface area contributed by atoms with E-state index in [1.807, 2.05) is 28.9 Å². The van der Waals surface area contributed by atoms with Crippen LogP contribution in [-0.2, 0) is 10.3 Å². The van der Waals surface area contributed by atoms with Gasteiger partial charge in [0.2, 0.25) is 5.91 Å². The molecule has 21 heavy (non-hydrogen) atoms. The first-order valence-electron chi connectivity index (χ1n) is 7.52. The van der Waals surface area contributed by atoms with Crippen LogP contribution in [-0.4, -0.2) is 28.4 Å². The molecule has 0 spiro atoms. The van der Waals surface area contributed by atoms with Crippen molar-refractivity contribution in [1.82, 2.24) is 20.0 Å². The standard InChI is InChI=1S/C16H20N4O/c1-16(2,10-3-5-20-6-4-18-13(20)7-10)19-15(21)14-11-8-17-9-12(11)14/h3-7,11-12,14,17H,8-9H2,1-2H3,(H,19,21)/t11-,12+,14+. The van der Waals surface area contributed by atoms with E-state index >= 15 is 0 Å². The predicted octanol–water partition coefficient (Wildman–Crippen LogP) is 1.15. The van der Waals surface area contributed by atoms with Crippen LogP contribution in [0.15, 0.2) is 30.7 Å². The van der Waals surface area contributed by atoms with Crippen LogP contribution < -0.4 is 10.6 Å². The lowest BCUT2D eigenvalue weighted by Gasteiger charge is -2.27. The maximum Gasteiger partial charge on any atom is 0.224 e. The Morgan fingerprint density at radius 1 is 1.38 bits per heavy atom. The third-order valence-corrected chi connectivity index (χ3v) is 4.95. The quantitative estimate of drug-likeness (QED) is 0.889. The minimum atomic E-state index is -0.380. The summed E-state index contributed by atoms with van der Waals surface area (Å²) in [6.45, 7) is 6.08. The molecule has 1 amide bonds. The van der Waals surface area contributed by atoms with E-state index in [0.29, 0.717) is 11.8 Å². The molecule has 1 aliphatic carbocycles. The van der Waals surface area contributed by atoms with Crippen molar-refractivity contribution in [2.24, 2.45) is 17.8 Å². The van der Waals surface area contributed by atoms with E-state index in [0.717, 1.165) is 24.3 Å². The number of imidazole rings is 1. The Kier molecular flexibility index (Phi) is 2.63. The lowest BCUT2D eigenvalue weighted by Crippen LogP contribution is -2.43. The molecule has 2 aliphatic rings. The summed E-state index contributed by atoms with van der Waals surface area (Å²) >= 11 is 0. The molecular formula is C16H20N4O. The number of rotatable bonds is 3. The normalized spacial score (nSPS) is 27.6. The highest BCUT2D eigenvalue weighted by molar-refractivity contribution is 5.83. The van der Waals surface area contributed by atoms with Crippen LogP contribution in [0.2, 0.25) is 0 Å². The molecule has 2 aromatic rings. The minimum absolute atomic E-state index is 0.194. The van der Waals surface area contributed by atoms with E-state index in [4.69, 9.17) is 0 Å². The van der Waals surface area contributed by atoms with Crippen molar-refractivity contribution in [2.75, 3.05) is 13.1 Å². The van der Waals surface area contributed by atoms with Crippen LogP contribution in [0.3, 0.4) is 0 Å². The maximum atomic E-state index is 12.5. The highest BCUT2D eigenvalue weighted by Gasteiger charge is 2.57. The molecule has 2 N–H and O–H groups in total. The first-order chi connectivity index (χ1) is 10.1. The van der Waals surface area contributed by atoms with Gasteiger partial charge in [-0.15, -0.1) is 0 Å². The van der Waals surface area contributed by atoms with Crippen molar-refractivity contribution in [1.29, 1.82) is 0 Å². The number of aromatic nitrogens is 2. The molecule has 5 nitrogen and oxygen atoms in total. The number of nitrogens with one attached hydrogen (secondary N) is 2. The van der Waals surface area contributed by atoms with E-state index < -0.39 is 0 Å². The SMILES string of the molecule is CC(C)(NC(=O)[C@H]1[C@@H]2CNC[C@@H]21)c1ccn2ccnc2c1. The zero-order chi connectivity index (χ0) is 14.6. The molecule has 4 rings (SSSR count). The zero-order valence-corrected chi connectivity index (χ0v) is 12.3. The fourth-order valence-corrected chi connectivity index (χ4v) is 3.57. The Labute approximate surface area is 123 Å². The third-order valence-electron chi connectivity index (χ3n) is 4.95. The average Bonchev–Trinajstić information content (AvgIpc) is 2.83. The van der Waals surface area contributed by atoms with Gasteiger partial charge in [-0.25, -0.2) is 4.98 Å². The number of amides is 1. The zero-order valence-electron chi connectivity index (χ0n) is 12.3. The van der Waals surface area contributed by atoms with E-state index in [9.17, 15) is 4.79 Å². The molecule has 2 fully saturated rings. The second-order valence-corrected chi connectivity index (χ2v) is 6.73. The number of nitrogens with zero attached hydrogens (tertiary/aromatic N) is 2. The Morgan fingerprint density at radius 3 is 2.90 bits per heavy atom. The van der Waals surface area contributed by atoms with Crippen molar-refractivity contribution in [3.05, 3.63) is 36.3 Å². The molecule has 110 valence electrons. The Balaban J connectivity index is 1.53. The molecular weight excluding hydrogens is 264 g/mol. The summed E-state index contributed by atoms with van der Waals surface area (Å²) in [5.74, 6) is 1.51. The first kappa shape index (κ1) is 12.8. The van der Waals surface area contributed by atoms with Gasteiger partial charge in [0.1, 0.15) is 5.65 Å². The largest absolute Gasteiger partial charge is 0.347 e. The third kappa shape index (κ3) is 2.03. The molecule has 0 radical (unpaired) electrons. The fourth-order valence-electron chi connectivity index (χ4n) is 3.57. The summed E-state index contributed by atoms with van der Waals surface area (Å²) in [6, 6.07) is 4.08. The lowest BCUT2D eigenvalue weighted by molar-refractivity contribution is -0.124. The van der Waals surface area contributed by atoms with E-state index in [1.54, 1.807) is 6.20 Å². The van der Waals surface area contributed by atoms with Crippen LogP contribution in [0.4, 0.5) is 0 Å². The van der Waals surface area contributed by atoms with Gasteiger partial charge in [0, 0.05) is 24.5 Å². The highest BCUT2D eigenvalue weighted by Crippen LogP contribution is 2.49. The van der Waals surface area contributed by atoms with Crippen LogP contribution in [0.5, 0.6) is 0 Å². The second kappa shape index (κ2) is 4.31. The number of fused-ring (bicyclic) bond motifs is 2. The van der Waals surface area contributed by atoms with E-state index in [1.165, 1.54) is 0 Å². The highest BCUT2D eigenvalue weighted by atomic mass is 16.2. The van der Waals surface area contributed by atoms with Gasteiger partial charge >= 0.3 is 0 Å². The summed E-state index contributed by atoms with van der Waals surface area (Å²) in [5.41, 5.74) is 1.61. The lowest BCUT2D eigenvalue weighted by atomic mass is 9.94. The van der Waals surface area contributed by atoms with Gasteiger partial charge in [0.05, 0.1) is 5.54 Å². The van der Waals surface area contributed by atoms with Gasteiger partial charge in [-0.2, -0.15) is 0 Å². The van der Waals surface area contributed by atoms with Crippen molar-refractivity contribution in [2.45, 2.75) is 19.4 Å². The predicted molar refractivity (Wildman–Crippen MR) is 79.7 cm³/mol. The van der Waals surface area contributed by atoms with Crippen LogP contribution in [0, 0.1) is 17.8 Å². The van der Waals surface area contributed by atoms with Crippen LogP contribution in [0.25, 0.3) is 5.65 Å². The maximum absolute atomic E-state index is 12.5. The molecule has 2 aromatic heterocycles. The Hall–Kier alpha value is -1.88. The van der Waals surface area contributed by atoms with Crippen molar-refractivity contribution < 1.29 is 4.79 Å². The molecule has 0 aromatic carbocycles. The molecule has 3 heterocycles. The van der Waals surface area contributed by atoms with Crippen molar-refractivity contribution in [3.63, 3.8) is 0 Å². The van der Waals surface area contributed by atoms with E-state index in [2.05, 4.69) is 29.5 Å². The van der Waals surface area contributed by atoms with Gasteiger partial charge in [-0.3, -0.25) is 4.79 Å². The summed E-state index contributed by atoms with van der Waals surface area (Å²) in [6.07, 6.45) is 5.69. The van der Waals surface area contributed by atoms with Gasteiger partial charge in [-0.05, 0) is 56.5 Å². The number of carbonyl (C=O) groups is 1. The molecule has 0 bridgehead atoms. The molecule has 1 aliphatic heterocycles. The summed E-state index contributed by atoms with van der Waals surface area (Å²) in [4.78, 5) is 16.8. The number of piperidine rings is 1. The number of hydrogen-bond acceptors (Lipinski definition) is 3. The van der Waals surface area contributed by atoms with Crippen molar-refractivity contribution >= 4 is 11.6 Å². The number of carbonyl (C=O) groups excluding carboxylic acids is 1. The Bertz CT molecular complexity index is 695. The summed E-state index contributed by atoms with van der Waals surface area (Å²) in [5, 5.41) is 6.54. The van der Waals surface area contributed by atoms with Gasteiger partial charge in [-0.1, -0.05) is 0 Å². The topological polar surface area (TPSA) is 58.4 Å². The molecule has 1 saturated carbocycles. The summed E-state index contributed by atoms with van der Waals surface area (Å²) in [7, 11) is 0. The fraction of sp³-hybridized carbons (Fsp3) is 0.500. The monoisotopic (exact) mass is 284 g/mol. The van der Waals surface area contributed by atoms with Gasteiger partial charge in [0.25, 0.3) is 0 Å². The summed E-state index contributed by atoms with van der Waals surface area (Å²) < 4.78 is 1.97. The van der Waals surface area contributed by atoms with Gasteiger partial charge in [0.15, 0.2) is 0 Å². The number of hydrogen-bond donors (Lipinski definition) is 2. The smallest absolute Gasteiger partial charge is 0.224 e. The molecule has 5 heteroatoms. The molecule has 1 saturated heterocycles. The van der Waals surface area contributed by atoms with Crippen molar-refractivity contribution in [3.8, 4) is 0 Å². The van der Waals surface area contributed by atoms with Crippen LogP contribution in [0.1, 0.15) is 19.4 Å². The van der Waals surface area contributed by atoms with Gasteiger partial charge < -0.3 is 15.0 Å². The number of pyridine rings is 1. The van der Waals surface area contributed by atoms with E-state index in [-0.39, 0.29) is 17.4 Å². The van der Waals surface area contributed by atoms with Crippen LogP contribution >= 0.6 is 0 Å².